The molecule has 0 N–H and O–H groups in total. The predicted molar refractivity (Wildman–Crippen MR) is 160 cm³/mol. The molecule has 2 nitrogen and oxygen atoms in total. The first-order valence-corrected chi connectivity index (χ1v) is 15.7. The Kier molecular flexibility index (Phi) is 6.90. The molecule has 0 saturated heterocycles. The fraction of sp³-hybridized carbons (Fsp3) is 0.500. The summed E-state index contributed by atoms with van der Waals surface area (Å²) >= 11 is 0. The molecule has 0 aromatic heterocycles. The maximum absolute atomic E-state index is 2.92. The van der Waals surface area contributed by atoms with Gasteiger partial charge in [0, 0.05) is 29.0 Å². The fourth-order valence-electron chi connectivity index (χ4n) is 8.35. The third-order valence-corrected chi connectivity index (χ3v) is 10.1. The largest absolute Gasteiger partial charge is 0.364 e. The van der Waals surface area contributed by atoms with E-state index in [4.69, 9.17) is 0 Å². The smallest absolute Gasteiger partial charge is 0.0557 e. The van der Waals surface area contributed by atoms with Crippen LogP contribution in [0.1, 0.15) is 89.9 Å². The van der Waals surface area contributed by atoms with Gasteiger partial charge < -0.3 is 9.80 Å². The quantitative estimate of drug-likeness (QED) is 0.394. The number of hydrogen-bond acceptors (Lipinski definition) is 2. The van der Waals surface area contributed by atoms with Crippen molar-refractivity contribution in [1.82, 2.24) is 4.90 Å². The minimum Gasteiger partial charge on any atom is -0.364 e. The van der Waals surface area contributed by atoms with Crippen LogP contribution in [0.15, 0.2) is 101 Å². The molecule has 1 saturated carbocycles. The molecule has 0 amide bonds. The van der Waals surface area contributed by atoms with Gasteiger partial charge in [-0.1, -0.05) is 73.6 Å². The Bertz CT molecular complexity index is 1210. The Morgan fingerprint density at radius 1 is 0.711 bits per heavy atom. The van der Waals surface area contributed by atoms with E-state index in [1.54, 1.807) is 5.70 Å². The third-order valence-electron chi connectivity index (χ3n) is 10.1. The lowest BCUT2D eigenvalue weighted by Gasteiger charge is -2.40. The second-order valence-electron chi connectivity index (χ2n) is 12.3. The molecule has 2 heteroatoms. The van der Waals surface area contributed by atoms with Gasteiger partial charge in [-0.2, -0.15) is 0 Å². The summed E-state index contributed by atoms with van der Waals surface area (Å²) in [7, 11) is 0. The van der Waals surface area contributed by atoms with Crippen molar-refractivity contribution in [1.29, 1.82) is 0 Å². The molecule has 198 valence electrons. The molecule has 1 heterocycles. The molecular formula is C36H44N2. The van der Waals surface area contributed by atoms with E-state index in [0.29, 0.717) is 12.1 Å². The molecule has 1 aromatic carbocycles. The normalized spacial score (nSPS) is 30.8. The molecule has 1 fully saturated rings. The van der Waals surface area contributed by atoms with Crippen molar-refractivity contribution in [3.05, 3.63) is 101 Å². The van der Waals surface area contributed by atoms with Crippen molar-refractivity contribution >= 4 is 5.69 Å². The first kappa shape index (κ1) is 24.3. The standard InChI is InChI=1S/C36H44N2/c1-3-11-29(12-4-1)37(30-13-5-2-6-14-30)31-23-19-27(20-24-31)28-21-25-32(26-22-28)38-35-17-9-7-15-33(35)34-16-8-10-18-36(34)38/h1,3-4,11-13,19-23,25,31-33,35H,2,5-10,14-18,24,26H2. The molecule has 1 aliphatic heterocycles. The molecule has 0 radical (unpaired) electrons. The number of nitrogens with zero attached hydrogens (tertiary/aromatic N) is 2. The highest BCUT2D eigenvalue weighted by Crippen LogP contribution is 2.49. The van der Waals surface area contributed by atoms with E-state index in [1.165, 1.54) is 99.6 Å². The zero-order valence-corrected chi connectivity index (χ0v) is 23.0. The summed E-state index contributed by atoms with van der Waals surface area (Å²) in [4.78, 5) is 5.52. The van der Waals surface area contributed by atoms with Gasteiger partial charge in [0.2, 0.25) is 0 Å². The van der Waals surface area contributed by atoms with E-state index < -0.39 is 0 Å². The number of benzene rings is 1. The van der Waals surface area contributed by atoms with Crippen molar-refractivity contribution < 1.29 is 0 Å². The summed E-state index contributed by atoms with van der Waals surface area (Å²) in [6.07, 6.45) is 35.9. The molecule has 7 rings (SSSR count). The van der Waals surface area contributed by atoms with Crippen LogP contribution in [0.3, 0.4) is 0 Å². The number of hydrogen-bond donors (Lipinski definition) is 0. The average molecular weight is 505 g/mol. The van der Waals surface area contributed by atoms with Crippen LogP contribution in [-0.2, 0) is 0 Å². The third kappa shape index (κ3) is 4.55. The van der Waals surface area contributed by atoms with E-state index in [2.05, 4.69) is 82.7 Å². The highest BCUT2D eigenvalue weighted by Gasteiger charge is 2.44. The van der Waals surface area contributed by atoms with Crippen LogP contribution in [-0.4, -0.2) is 23.0 Å². The Hall–Kier alpha value is -2.74. The van der Waals surface area contributed by atoms with Crippen molar-refractivity contribution in [2.75, 3.05) is 4.90 Å². The first-order chi connectivity index (χ1) is 18.9. The summed E-state index contributed by atoms with van der Waals surface area (Å²) < 4.78 is 0. The van der Waals surface area contributed by atoms with Crippen molar-refractivity contribution in [2.45, 2.75) is 108 Å². The van der Waals surface area contributed by atoms with Crippen LogP contribution in [0.25, 0.3) is 0 Å². The second-order valence-corrected chi connectivity index (χ2v) is 12.3. The molecule has 6 aliphatic rings. The molecule has 5 aliphatic carbocycles. The summed E-state index contributed by atoms with van der Waals surface area (Å²) in [6.45, 7) is 0. The molecule has 38 heavy (non-hydrogen) atoms. The molecule has 1 aromatic rings. The van der Waals surface area contributed by atoms with Gasteiger partial charge >= 0.3 is 0 Å². The van der Waals surface area contributed by atoms with Crippen LogP contribution in [0.5, 0.6) is 0 Å². The molecular weight excluding hydrogens is 460 g/mol. The zero-order chi connectivity index (χ0) is 25.3. The number of allylic oxidation sites excluding steroid dienone is 7. The Morgan fingerprint density at radius 3 is 2.26 bits per heavy atom. The number of fused-ring (bicyclic) bond motifs is 2. The molecule has 0 bridgehead atoms. The minimum absolute atomic E-state index is 0.399. The summed E-state index contributed by atoms with van der Waals surface area (Å²) in [5.74, 6) is 0.866. The van der Waals surface area contributed by atoms with Crippen LogP contribution < -0.4 is 4.90 Å². The lowest BCUT2D eigenvalue weighted by atomic mass is 9.79. The highest BCUT2D eigenvalue weighted by molar-refractivity contribution is 5.57. The summed E-state index contributed by atoms with van der Waals surface area (Å²) in [5.41, 5.74) is 9.31. The monoisotopic (exact) mass is 504 g/mol. The van der Waals surface area contributed by atoms with Crippen LogP contribution >= 0.6 is 0 Å². The molecule has 4 atom stereocenters. The van der Waals surface area contributed by atoms with E-state index >= 15 is 0 Å². The Labute approximate surface area is 230 Å². The number of anilines is 1. The Balaban J connectivity index is 1.06. The maximum Gasteiger partial charge on any atom is 0.0557 e. The Morgan fingerprint density at radius 2 is 1.50 bits per heavy atom. The van der Waals surface area contributed by atoms with E-state index in [1.807, 2.05) is 5.57 Å². The molecule has 0 spiro atoms. The lowest BCUT2D eigenvalue weighted by molar-refractivity contribution is 0.158. The van der Waals surface area contributed by atoms with Gasteiger partial charge in [0.25, 0.3) is 0 Å². The predicted octanol–water partition coefficient (Wildman–Crippen LogP) is 9.16. The van der Waals surface area contributed by atoms with Gasteiger partial charge in [-0.15, -0.1) is 0 Å². The lowest BCUT2D eigenvalue weighted by Crippen LogP contribution is -2.42. The highest BCUT2D eigenvalue weighted by atomic mass is 15.2. The van der Waals surface area contributed by atoms with Crippen molar-refractivity contribution in [3.8, 4) is 0 Å². The van der Waals surface area contributed by atoms with Gasteiger partial charge in [0.05, 0.1) is 12.1 Å². The van der Waals surface area contributed by atoms with Crippen molar-refractivity contribution in [3.63, 3.8) is 0 Å². The van der Waals surface area contributed by atoms with Gasteiger partial charge in [-0.25, -0.2) is 0 Å². The first-order valence-electron chi connectivity index (χ1n) is 15.7. The van der Waals surface area contributed by atoms with Gasteiger partial charge in [-0.05, 0) is 106 Å². The SMILES string of the molecule is C1=CC(N(C2=CCCCC2)c2ccccc2)CC=C1C1=CCC(N2C3=C(CCCC3)C3CCCCC32)C=C1. The van der Waals surface area contributed by atoms with Gasteiger partial charge in [-0.3, -0.25) is 0 Å². The van der Waals surface area contributed by atoms with Crippen LogP contribution in [0, 0.1) is 5.92 Å². The van der Waals surface area contributed by atoms with Gasteiger partial charge in [0.1, 0.15) is 0 Å². The summed E-state index contributed by atoms with van der Waals surface area (Å²) in [5, 5.41) is 0. The number of para-hydroxylation sites is 1. The van der Waals surface area contributed by atoms with Crippen LogP contribution in [0.4, 0.5) is 5.69 Å². The molecule has 4 unspecified atom stereocenters. The topological polar surface area (TPSA) is 6.48 Å². The zero-order valence-electron chi connectivity index (χ0n) is 23.0. The number of rotatable bonds is 5. The van der Waals surface area contributed by atoms with E-state index in [-0.39, 0.29) is 0 Å². The van der Waals surface area contributed by atoms with E-state index in [0.717, 1.165) is 24.8 Å². The van der Waals surface area contributed by atoms with Gasteiger partial charge in [0.15, 0.2) is 0 Å². The maximum atomic E-state index is 2.92. The van der Waals surface area contributed by atoms with Crippen LogP contribution in [0.2, 0.25) is 0 Å². The minimum atomic E-state index is 0.399. The van der Waals surface area contributed by atoms with Crippen molar-refractivity contribution in [2.24, 2.45) is 5.92 Å². The average Bonchev–Trinajstić information content (AvgIpc) is 3.33. The summed E-state index contributed by atoms with van der Waals surface area (Å²) in [6, 6.07) is 12.8. The second kappa shape index (κ2) is 10.8. The van der Waals surface area contributed by atoms with E-state index in [9.17, 15) is 0 Å². The fourth-order valence-corrected chi connectivity index (χ4v) is 8.35.